The fraction of sp³-hybridized carbons (Fsp3) is 0.429. The Balaban J connectivity index is 1.89. The van der Waals surface area contributed by atoms with E-state index in [1.807, 2.05) is 41.5 Å². The molecule has 0 aliphatic heterocycles. The van der Waals surface area contributed by atoms with Gasteiger partial charge in [-0.1, -0.05) is 30.3 Å². The van der Waals surface area contributed by atoms with Gasteiger partial charge in [0.25, 0.3) is 0 Å². The number of hydrogen-bond acceptors (Lipinski definition) is 6. The van der Waals surface area contributed by atoms with Gasteiger partial charge >= 0.3 is 0 Å². The Morgan fingerprint density at radius 3 is 2.48 bits per heavy atom. The summed E-state index contributed by atoms with van der Waals surface area (Å²) >= 11 is 0. The number of Topliss-reactive ketones (excluding diaryl/α,β-unsaturated/α-hetero) is 1. The van der Waals surface area contributed by atoms with Crippen molar-refractivity contribution >= 4 is 11.5 Å². The van der Waals surface area contributed by atoms with Crippen LogP contribution in [0.25, 0.3) is 0 Å². The predicted molar refractivity (Wildman–Crippen MR) is 102 cm³/mol. The molecule has 1 aromatic carbocycles. The lowest BCUT2D eigenvalue weighted by Gasteiger charge is -2.35. The first-order valence-electron chi connectivity index (χ1n) is 9.21. The van der Waals surface area contributed by atoms with Crippen molar-refractivity contribution in [2.45, 2.75) is 44.9 Å². The van der Waals surface area contributed by atoms with Gasteiger partial charge in [0.2, 0.25) is 0 Å². The number of pyridine rings is 1. The molecule has 0 amide bonds. The molecule has 0 atom stereocenters. The Labute approximate surface area is 160 Å². The van der Waals surface area contributed by atoms with Crippen LogP contribution < -0.4 is 9.80 Å². The van der Waals surface area contributed by atoms with E-state index in [0.717, 1.165) is 29.8 Å². The topological polar surface area (TPSA) is 60.9 Å². The number of ether oxygens (including phenoxy) is 2. The highest BCUT2D eigenvalue weighted by atomic mass is 16.7. The maximum Gasteiger partial charge on any atom is 0.168 e. The normalized spacial score (nSPS) is 15.0. The molecule has 1 aromatic heterocycles. The van der Waals surface area contributed by atoms with Gasteiger partial charge in [-0.25, -0.2) is 5.06 Å². The average molecular weight is 370 g/mol. The first kappa shape index (κ1) is 19.3. The fourth-order valence-electron chi connectivity index (χ4n) is 3.36. The number of aromatic nitrogens is 1. The first-order chi connectivity index (χ1) is 13.2. The maximum atomic E-state index is 11.7. The van der Waals surface area contributed by atoms with E-state index in [0.29, 0.717) is 37.6 Å². The van der Waals surface area contributed by atoms with Crippen LogP contribution in [-0.2, 0) is 27.6 Å². The number of benzene rings is 1. The van der Waals surface area contributed by atoms with E-state index in [2.05, 4.69) is 4.98 Å². The number of ketones is 1. The van der Waals surface area contributed by atoms with Crippen molar-refractivity contribution in [1.82, 2.24) is 4.98 Å². The standard InChI is InChI=1S/C21H26N2O4/c1-25-15-19-21(26-2)20(12-13-22-19)23(17-8-10-18(24)11-9-17)27-14-16-6-4-3-5-7-16/h3-7,12-13,17H,8-11,14-15H2,1-2H3. The number of nitrogens with zero attached hydrogens (tertiary/aromatic N) is 2. The molecule has 27 heavy (non-hydrogen) atoms. The number of rotatable bonds is 8. The highest BCUT2D eigenvalue weighted by molar-refractivity contribution is 5.79. The molecule has 2 aromatic rings. The van der Waals surface area contributed by atoms with Crippen molar-refractivity contribution in [3.8, 4) is 5.75 Å². The molecule has 3 rings (SSSR count). The van der Waals surface area contributed by atoms with E-state index >= 15 is 0 Å². The summed E-state index contributed by atoms with van der Waals surface area (Å²) in [5, 5.41) is 1.90. The van der Waals surface area contributed by atoms with Gasteiger partial charge < -0.3 is 9.47 Å². The molecule has 0 bridgehead atoms. The quantitative estimate of drug-likeness (QED) is 0.661. The van der Waals surface area contributed by atoms with Gasteiger partial charge in [0, 0.05) is 26.1 Å². The highest BCUT2D eigenvalue weighted by Crippen LogP contribution is 2.35. The summed E-state index contributed by atoms with van der Waals surface area (Å²) in [5.41, 5.74) is 2.62. The molecule has 1 heterocycles. The van der Waals surface area contributed by atoms with Crippen molar-refractivity contribution < 1.29 is 19.1 Å². The zero-order valence-electron chi connectivity index (χ0n) is 15.9. The molecule has 1 fully saturated rings. The largest absolute Gasteiger partial charge is 0.492 e. The van der Waals surface area contributed by atoms with Crippen molar-refractivity contribution in [2.24, 2.45) is 0 Å². The SMILES string of the molecule is COCc1nccc(N(OCc2ccccc2)C2CCC(=O)CC2)c1OC. The van der Waals surface area contributed by atoms with Crippen LogP contribution in [0.15, 0.2) is 42.6 Å². The summed E-state index contributed by atoms with van der Waals surface area (Å²) in [6, 6.07) is 12.0. The second-order valence-corrected chi connectivity index (χ2v) is 6.60. The average Bonchev–Trinajstić information content (AvgIpc) is 2.70. The molecule has 0 N–H and O–H groups in total. The molecular weight excluding hydrogens is 344 g/mol. The lowest BCUT2D eigenvalue weighted by Crippen LogP contribution is -2.38. The molecule has 0 unspecified atom stereocenters. The van der Waals surface area contributed by atoms with Crippen molar-refractivity contribution in [1.29, 1.82) is 0 Å². The Morgan fingerprint density at radius 1 is 1.07 bits per heavy atom. The third-order valence-corrected chi connectivity index (χ3v) is 4.74. The molecule has 6 heteroatoms. The number of carbonyl (C=O) groups is 1. The minimum Gasteiger partial charge on any atom is -0.492 e. The van der Waals surface area contributed by atoms with E-state index in [4.69, 9.17) is 14.3 Å². The highest BCUT2D eigenvalue weighted by Gasteiger charge is 2.28. The van der Waals surface area contributed by atoms with Crippen LogP contribution in [0.2, 0.25) is 0 Å². The molecule has 0 spiro atoms. The molecule has 6 nitrogen and oxygen atoms in total. The third kappa shape index (κ3) is 4.84. The van der Waals surface area contributed by atoms with Crippen molar-refractivity contribution in [3.05, 3.63) is 53.9 Å². The zero-order chi connectivity index (χ0) is 19.1. The first-order valence-corrected chi connectivity index (χ1v) is 9.21. The Kier molecular flexibility index (Phi) is 6.79. The smallest absolute Gasteiger partial charge is 0.168 e. The number of methoxy groups -OCH3 is 2. The zero-order valence-corrected chi connectivity index (χ0v) is 15.9. The monoisotopic (exact) mass is 370 g/mol. The number of anilines is 1. The van der Waals surface area contributed by atoms with Gasteiger partial charge in [-0.2, -0.15) is 0 Å². The Bertz CT molecular complexity index is 741. The molecule has 0 radical (unpaired) electrons. The van der Waals surface area contributed by atoms with Gasteiger partial charge in [-0.05, 0) is 24.5 Å². The van der Waals surface area contributed by atoms with Crippen molar-refractivity contribution in [2.75, 3.05) is 19.3 Å². The van der Waals surface area contributed by atoms with Gasteiger partial charge in [-0.15, -0.1) is 0 Å². The van der Waals surface area contributed by atoms with Crippen LogP contribution in [-0.4, -0.2) is 31.0 Å². The number of hydrogen-bond donors (Lipinski definition) is 0. The van der Waals surface area contributed by atoms with Crippen LogP contribution in [0.3, 0.4) is 0 Å². The summed E-state index contributed by atoms with van der Waals surface area (Å²) in [5.74, 6) is 0.959. The summed E-state index contributed by atoms with van der Waals surface area (Å²) in [7, 11) is 3.25. The van der Waals surface area contributed by atoms with Crippen LogP contribution in [0.1, 0.15) is 36.9 Å². The minimum atomic E-state index is 0.109. The molecular formula is C21H26N2O4. The summed E-state index contributed by atoms with van der Waals surface area (Å²) in [6.45, 7) is 0.795. The maximum absolute atomic E-state index is 11.7. The Morgan fingerprint density at radius 2 is 1.81 bits per heavy atom. The van der Waals surface area contributed by atoms with Crippen LogP contribution in [0.5, 0.6) is 5.75 Å². The van der Waals surface area contributed by atoms with E-state index in [-0.39, 0.29) is 6.04 Å². The van der Waals surface area contributed by atoms with Gasteiger partial charge in [0.1, 0.15) is 17.2 Å². The van der Waals surface area contributed by atoms with Crippen LogP contribution in [0, 0.1) is 0 Å². The molecule has 144 valence electrons. The van der Waals surface area contributed by atoms with Gasteiger partial charge in [0.05, 0.1) is 26.4 Å². The molecule has 1 aliphatic rings. The third-order valence-electron chi connectivity index (χ3n) is 4.74. The number of hydroxylamine groups is 1. The van der Waals surface area contributed by atoms with Gasteiger partial charge in [0.15, 0.2) is 5.75 Å². The summed E-state index contributed by atoms with van der Waals surface area (Å²) in [4.78, 5) is 22.3. The van der Waals surface area contributed by atoms with E-state index in [9.17, 15) is 4.79 Å². The lowest BCUT2D eigenvalue weighted by molar-refractivity contribution is -0.120. The lowest BCUT2D eigenvalue weighted by atomic mass is 9.94. The van der Waals surface area contributed by atoms with E-state index in [1.165, 1.54) is 0 Å². The summed E-state index contributed by atoms with van der Waals surface area (Å²) < 4.78 is 10.9. The Hall–Kier alpha value is -2.44. The predicted octanol–water partition coefficient (Wildman–Crippen LogP) is 3.69. The van der Waals surface area contributed by atoms with Crippen LogP contribution >= 0.6 is 0 Å². The molecule has 0 saturated heterocycles. The second kappa shape index (κ2) is 9.48. The van der Waals surface area contributed by atoms with E-state index < -0.39 is 0 Å². The van der Waals surface area contributed by atoms with Crippen molar-refractivity contribution in [3.63, 3.8) is 0 Å². The molecule has 1 aliphatic carbocycles. The van der Waals surface area contributed by atoms with Gasteiger partial charge in [-0.3, -0.25) is 14.6 Å². The fourth-order valence-corrected chi connectivity index (χ4v) is 3.36. The second-order valence-electron chi connectivity index (χ2n) is 6.60. The number of carbonyl (C=O) groups excluding carboxylic acids is 1. The van der Waals surface area contributed by atoms with E-state index in [1.54, 1.807) is 20.4 Å². The molecule has 1 saturated carbocycles. The minimum absolute atomic E-state index is 0.109. The van der Waals surface area contributed by atoms with Crippen LogP contribution in [0.4, 0.5) is 5.69 Å². The summed E-state index contributed by atoms with van der Waals surface area (Å²) in [6.07, 6.45) is 4.42.